The quantitative estimate of drug-likeness (QED) is 0.687. The fourth-order valence-corrected chi connectivity index (χ4v) is 2.12. The molecule has 0 saturated carbocycles. The van der Waals surface area contributed by atoms with Crippen molar-refractivity contribution in [1.29, 1.82) is 0 Å². The van der Waals surface area contributed by atoms with Crippen LogP contribution >= 0.6 is 0 Å². The molecule has 0 atom stereocenters. The van der Waals surface area contributed by atoms with E-state index in [0.717, 1.165) is 16.7 Å². The molecule has 3 rings (SSSR count). The molecule has 84 valence electrons. The first-order chi connectivity index (χ1) is 8.25. The molecule has 17 heavy (non-hydrogen) atoms. The molecule has 2 heteroatoms. The molecule has 0 unspecified atom stereocenters. The molecule has 0 amide bonds. The highest BCUT2D eigenvalue weighted by Gasteiger charge is 2.21. The van der Waals surface area contributed by atoms with E-state index in [1.54, 1.807) is 0 Å². The Balaban J connectivity index is 2.22. The van der Waals surface area contributed by atoms with Crippen LogP contribution in [-0.2, 0) is 6.61 Å². The summed E-state index contributed by atoms with van der Waals surface area (Å²) in [6.45, 7) is 2.43. The maximum atomic E-state index is 12.4. The number of carbonyl (C=O) groups excluding carboxylic acids is 1. The molecule has 0 N–H and O–H groups in total. The van der Waals surface area contributed by atoms with Crippen molar-refractivity contribution in [1.82, 2.24) is 0 Å². The maximum absolute atomic E-state index is 12.4. The molecular formula is C15H12O2. The molecule has 0 spiro atoms. The minimum Gasteiger partial charge on any atom is -0.488 e. The first-order valence-electron chi connectivity index (χ1n) is 5.62. The van der Waals surface area contributed by atoms with Gasteiger partial charge in [-0.1, -0.05) is 35.9 Å². The molecular weight excluding hydrogens is 212 g/mol. The van der Waals surface area contributed by atoms with Crippen molar-refractivity contribution in [3.8, 4) is 5.75 Å². The second-order valence-electron chi connectivity index (χ2n) is 4.27. The van der Waals surface area contributed by atoms with Gasteiger partial charge in [-0.25, -0.2) is 0 Å². The van der Waals surface area contributed by atoms with Gasteiger partial charge in [0.1, 0.15) is 12.4 Å². The van der Waals surface area contributed by atoms with E-state index < -0.39 is 0 Å². The predicted octanol–water partition coefficient (Wildman–Crippen LogP) is 3.12. The van der Waals surface area contributed by atoms with E-state index in [1.807, 2.05) is 49.4 Å². The number of carbonyl (C=O) groups is 1. The van der Waals surface area contributed by atoms with Gasteiger partial charge in [0.2, 0.25) is 0 Å². The fourth-order valence-electron chi connectivity index (χ4n) is 2.12. The summed E-state index contributed by atoms with van der Waals surface area (Å²) >= 11 is 0. The Bertz CT molecular complexity index is 600. The van der Waals surface area contributed by atoms with E-state index in [0.29, 0.717) is 17.9 Å². The van der Waals surface area contributed by atoms with E-state index in [9.17, 15) is 4.79 Å². The number of ether oxygens (including phenoxy) is 1. The van der Waals surface area contributed by atoms with Crippen molar-refractivity contribution in [3.63, 3.8) is 0 Å². The van der Waals surface area contributed by atoms with Crippen molar-refractivity contribution in [2.75, 3.05) is 0 Å². The average molecular weight is 224 g/mol. The third-order valence-corrected chi connectivity index (χ3v) is 3.02. The number of benzene rings is 2. The van der Waals surface area contributed by atoms with Crippen LogP contribution in [0.15, 0.2) is 42.5 Å². The highest BCUT2D eigenvalue weighted by Crippen LogP contribution is 2.28. The highest BCUT2D eigenvalue weighted by molar-refractivity contribution is 6.12. The van der Waals surface area contributed by atoms with Crippen LogP contribution in [0.5, 0.6) is 5.75 Å². The van der Waals surface area contributed by atoms with Crippen LogP contribution in [0.2, 0.25) is 0 Å². The number of hydrogen-bond acceptors (Lipinski definition) is 2. The van der Waals surface area contributed by atoms with E-state index in [2.05, 4.69) is 0 Å². The molecule has 0 aromatic heterocycles. The summed E-state index contributed by atoms with van der Waals surface area (Å²) in [7, 11) is 0. The Morgan fingerprint density at radius 3 is 2.76 bits per heavy atom. The zero-order chi connectivity index (χ0) is 11.8. The van der Waals surface area contributed by atoms with Gasteiger partial charge in [0.05, 0.1) is 5.56 Å². The summed E-state index contributed by atoms with van der Waals surface area (Å²) in [6.07, 6.45) is 0. The molecule has 2 aromatic rings. The zero-order valence-corrected chi connectivity index (χ0v) is 9.57. The van der Waals surface area contributed by atoms with E-state index >= 15 is 0 Å². The minimum atomic E-state index is 0.0526. The second kappa shape index (κ2) is 3.74. The average Bonchev–Trinajstić information content (AvgIpc) is 2.49. The van der Waals surface area contributed by atoms with Gasteiger partial charge in [-0.15, -0.1) is 0 Å². The molecule has 1 aliphatic heterocycles. The van der Waals surface area contributed by atoms with Crippen LogP contribution in [-0.4, -0.2) is 5.78 Å². The lowest BCUT2D eigenvalue weighted by Crippen LogP contribution is -2.02. The number of ketones is 1. The third-order valence-electron chi connectivity index (χ3n) is 3.02. The number of rotatable bonds is 0. The molecule has 0 bridgehead atoms. The summed E-state index contributed by atoms with van der Waals surface area (Å²) in [6, 6.07) is 13.3. The van der Waals surface area contributed by atoms with Crippen LogP contribution in [0.3, 0.4) is 0 Å². The highest BCUT2D eigenvalue weighted by atomic mass is 16.5. The van der Waals surface area contributed by atoms with Gasteiger partial charge in [-0.3, -0.25) is 4.79 Å². The number of aryl methyl sites for hydroxylation is 1. The van der Waals surface area contributed by atoms with Crippen molar-refractivity contribution in [2.45, 2.75) is 13.5 Å². The molecule has 0 aliphatic carbocycles. The first-order valence-corrected chi connectivity index (χ1v) is 5.62. The normalized spacial score (nSPS) is 13.4. The van der Waals surface area contributed by atoms with Gasteiger partial charge in [0.25, 0.3) is 0 Å². The number of fused-ring (bicyclic) bond motifs is 2. The van der Waals surface area contributed by atoms with Crippen molar-refractivity contribution >= 4 is 5.78 Å². The zero-order valence-electron chi connectivity index (χ0n) is 9.57. The molecule has 0 saturated heterocycles. The van der Waals surface area contributed by atoms with Gasteiger partial charge in [0.15, 0.2) is 5.78 Å². The standard InChI is InChI=1S/C15H12O2/c1-10-6-7-14-13(8-10)15(16)12-5-3-2-4-11(12)9-17-14/h2-8H,9H2,1H3. The van der Waals surface area contributed by atoms with Gasteiger partial charge < -0.3 is 4.74 Å². The van der Waals surface area contributed by atoms with Crippen molar-refractivity contribution in [2.24, 2.45) is 0 Å². The summed E-state index contributed by atoms with van der Waals surface area (Å²) in [5.74, 6) is 0.730. The van der Waals surface area contributed by atoms with Crippen LogP contribution in [0.4, 0.5) is 0 Å². The van der Waals surface area contributed by atoms with Gasteiger partial charge in [0, 0.05) is 11.1 Å². The Hall–Kier alpha value is -2.09. The first kappa shape index (κ1) is 10.1. The van der Waals surface area contributed by atoms with E-state index in [1.165, 1.54) is 0 Å². The lowest BCUT2D eigenvalue weighted by atomic mass is 9.98. The maximum Gasteiger partial charge on any atom is 0.197 e. The van der Waals surface area contributed by atoms with Crippen LogP contribution in [0.1, 0.15) is 27.0 Å². The van der Waals surface area contributed by atoms with Crippen molar-refractivity contribution in [3.05, 3.63) is 64.7 Å². The second-order valence-corrected chi connectivity index (χ2v) is 4.27. The Kier molecular flexibility index (Phi) is 2.22. The SMILES string of the molecule is Cc1ccc2c(c1)C(=O)c1ccccc1CO2. The van der Waals surface area contributed by atoms with Gasteiger partial charge in [-0.2, -0.15) is 0 Å². The summed E-state index contributed by atoms with van der Waals surface area (Å²) in [5, 5.41) is 0. The van der Waals surface area contributed by atoms with Crippen LogP contribution in [0, 0.1) is 6.92 Å². The monoisotopic (exact) mass is 224 g/mol. The summed E-state index contributed by atoms with van der Waals surface area (Å²) in [5.41, 5.74) is 3.43. The molecule has 0 fully saturated rings. The fraction of sp³-hybridized carbons (Fsp3) is 0.133. The molecule has 0 radical (unpaired) electrons. The Morgan fingerprint density at radius 2 is 1.88 bits per heavy atom. The molecule has 2 nitrogen and oxygen atoms in total. The van der Waals surface area contributed by atoms with Crippen LogP contribution < -0.4 is 4.74 Å². The van der Waals surface area contributed by atoms with Gasteiger partial charge in [-0.05, 0) is 19.1 Å². The topological polar surface area (TPSA) is 26.3 Å². The molecule has 1 heterocycles. The molecule has 1 aliphatic rings. The Morgan fingerprint density at radius 1 is 1.06 bits per heavy atom. The third kappa shape index (κ3) is 1.62. The number of hydrogen-bond donors (Lipinski definition) is 0. The minimum absolute atomic E-state index is 0.0526. The Labute approximate surface area is 99.9 Å². The summed E-state index contributed by atoms with van der Waals surface area (Å²) < 4.78 is 5.68. The van der Waals surface area contributed by atoms with Crippen LogP contribution in [0.25, 0.3) is 0 Å². The van der Waals surface area contributed by atoms with E-state index in [4.69, 9.17) is 4.74 Å². The smallest absolute Gasteiger partial charge is 0.197 e. The predicted molar refractivity (Wildman–Crippen MR) is 65.4 cm³/mol. The largest absolute Gasteiger partial charge is 0.488 e. The van der Waals surface area contributed by atoms with E-state index in [-0.39, 0.29) is 5.78 Å². The molecule has 2 aromatic carbocycles. The summed E-state index contributed by atoms with van der Waals surface area (Å²) in [4.78, 5) is 12.4. The lowest BCUT2D eigenvalue weighted by molar-refractivity contribution is 0.103. The van der Waals surface area contributed by atoms with Gasteiger partial charge >= 0.3 is 0 Å². The lowest BCUT2D eigenvalue weighted by Gasteiger charge is -2.06. The van der Waals surface area contributed by atoms with Crippen molar-refractivity contribution < 1.29 is 9.53 Å².